The molecule has 0 fully saturated rings. The Hall–Kier alpha value is -1.83. The van der Waals surface area contributed by atoms with Crippen LogP contribution in [-0.2, 0) is 0 Å². The maximum atomic E-state index is 5.54. The highest BCUT2D eigenvalue weighted by atomic mass is 16.5. The van der Waals surface area contributed by atoms with Crippen molar-refractivity contribution >= 4 is 0 Å². The van der Waals surface area contributed by atoms with Crippen molar-refractivity contribution in [3.63, 3.8) is 0 Å². The molecule has 2 nitrogen and oxygen atoms in total. The summed E-state index contributed by atoms with van der Waals surface area (Å²) in [6.45, 7) is 4.47. The number of methoxy groups -OCH3 is 1. The van der Waals surface area contributed by atoms with Crippen molar-refractivity contribution in [1.29, 1.82) is 0 Å². The Labute approximate surface area is 121 Å². The van der Waals surface area contributed by atoms with E-state index in [1.54, 1.807) is 7.11 Å². The minimum atomic E-state index is 0.428. The van der Waals surface area contributed by atoms with Crippen molar-refractivity contribution < 1.29 is 4.74 Å². The summed E-state index contributed by atoms with van der Waals surface area (Å²) in [6, 6.07) is 14.5. The van der Waals surface area contributed by atoms with Gasteiger partial charge in [0, 0.05) is 17.8 Å². The molecule has 1 aromatic heterocycles. The highest BCUT2D eigenvalue weighted by Gasteiger charge is 2.25. The predicted octanol–water partition coefficient (Wildman–Crippen LogP) is 4.78. The van der Waals surface area contributed by atoms with Crippen LogP contribution < -0.4 is 4.74 Å². The van der Waals surface area contributed by atoms with Crippen molar-refractivity contribution in [2.75, 3.05) is 7.11 Å². The van der Waals surface area contributed by atoms with E-state index in [1.807, 2.05) is 24.4 Å². The van der Waals surface area contributed by atoms with Gasteiger partial charge in [-0.05, 0) is 42.5 Å². The van der Waals surface area contributed by atoms with Crippen LogP contribution in [0.1, 0.15) is 49.8 Å². The van der Waals surface area contributed by atoms with Gasteiger partial charge in [-0.2, -0.15) is 0 Å². The number of pyridine rings is 1. The Balaban J connectivity index is 2.39. The smallest absolute Gasteiger partial charge is 0.122 e. The molecule has 0 bridgehead atoms. The molecule has 106 valence electrons. The van der Waals surface area contributed by atoms with Gasteiger partial charge in [-0.1, -0.05) is 38.1 Å². The van der Waals surface area contributed by atoms with Crippen LogP contribution in [0.4, 0.5) is 0 Å². The highest BCUT2D eigenvalue weighted by molar-refractivity contribution is 5.38. The van der Waals surface area contributed by atoms with Gasteiger partial charge in [-0.15, -0.1) is 0 Å². The maximum absolute atomic E-state index is 5.54. The second-order valence-electron chi connectivity index (χ2n) is 5.03. The summed E-state index contributed by atoms with van der Waals surface area (Å²) in [6.07, 6.45) is 4.04. The van der Waals surface area contributed by atoms with E-state index < -0.39 is 0 Å². The fourth-order valence-corrected chi connectivity index (χ4v) is 2.99. The number of benzene rings is 1. The molecular weight excluding hydrogens is 246 g/mol. The Morgan fingerprint density at radius 2 is 1.65 bits per heavy atom. The summed E-state index contributed by atoms with van der Waals surface area (Å²) in [5.74, 6) is 1.84. The van der Waals surface area contributed by atoms with Crippen LogP contribution in [0.15, 0.2) is 48.7 Å². The molecule has 0 N–H and O–H groups in total. The number of hydrogen-bond acceptors (Lipinski definition) is 2. The molecular formula is C18H23NO. The van der Waals surface area contributed by atoms with E-state index in [9.17, 15) is 0 Å². The summed E-state index contributed by atoms with van der Waals surface area (Å²) >= 11 is 0. The van der Waals surface area contributed by atoms with Gasteiger partial charge in [0.25, 0.3) is 0 Å². The van der Waals surface area contributed by atoms with Crippen LogP contribution in [0.5, 0.6) is 5.75 Å². The first-order chi connectivity index (χ1) is 9.81. The number of hydrogen-bond donors (Lipinski definition) is 0. The van der Waals surface area contributed by atoms with Gasteiger partial charge in [0.1, 0.15) is 5.75 Å². The van der Waals surface area contributed by atoms with E-state index in [0.717, 1.165) is 18.6 Å². The van der Waals surface area contributed by atoms with Crippen molar-refractivity contribution in [2.45, 2.75) is 38.5 Å². The molecule has 20 heavy (non-hydrogen) atoms. The molecule has 2 aromatic rings. The normalized spacial score (nSPS) is 13.8. The SMILES string of the molecule is CC[C@H](c1ccccn1)[C@H](CC)c1ccccc1OC. The molecule has 2 heteroatoms. The third-order valence-corrected chi connectivity index (χ3v) is 3.97. The zero-order chi connectivity index (χ0) is 14.4. The average Bonchev–Trinajstić information content (AvgIpc) is 2.53. The van der Waals surface area contributed by atoms with E-state index in [1.165, 1.54) is 11.3 Å². The molecule has 0 radical (unpaired) electrons. The molecule has 2 atom stereocenters. The molecule has 0 saturated heterocycles. The first kappa shape index (κ1) is 14.6. The molecule has 0 saturated carbocycles. The molecule has 0 aliphatic carbocycles. The summed E-state index contributed by atoms with van der Waals surface area (Å²) in [4.78, 5) is 4.56. The third-order valence-electron chi connectivity index (χ3n) is 3.97. The van der Waals surface area contributed by atoms with Gasteiger partial charge in [0.15, 0.2) is 0 Å². The molecule has 0 aliphatic heterocycles. The van der Waals surface area contributed by atoms with E-state index in [-0.39, 0.29) is 0 Å². The lowest BCUT2D eigenvalue weighted by molar-refractivity contribution is 0.395. The van der Waals surface area contributed by atoms with E-state index >= 15 is 0 Å². The molecule has 1 aromatic carbocycles. The Bertz CT molecular complexity index is 524. The van der Waals surface area contributed by atoms with Crippen molar-refractivity contribution in [1.82, 2.24) is 4.98 Å². The summed E-state index contributed by atoms with van der Waals surface area (Å²) < 4.78 is 5.54. The van der Waals surface area contributed by atoms with E-state index in [2.05, 4.69) is 43.1 Å². The Kier molecular flexibility index (Phi) is 5.16. The van der Waals surface area contributed by atoms with Crippen LogP contribution in [0.2, 0.25) is 0 Å². The molecule has 0 amide bonds. The zero-order valence-corrected chi connectivity index (χ0v) is 12.5. The largest absolute Gasteiger partial charge is 0.496 e. The minimum Gasteiger partial charge on any atom is -0.496 e. The third kappa shape index (κ3) is 3.01. The fourth-order valence-electron chi connectivity index (χ4n) is 2.99. The molecule has 0 aliphatic rings. The lowest BCUT2D eigenvalue weighted by atomic mass is 9.80. The van der Waals surface area contributed by atoms with E-state index in [4.69, 9.17) is 4.74 Å². The number of nitrogens with zero attached hydrogens (tertiary/aromatic N) is 1. The van der Waals surface area contributed by atoms with Crippen LogP contribution >= 0.6 is 0 Å². The average molecular weight is 269 g/mol. The topological polar surface area (TPSA) is 22.1 Å². The van der Waals surface area contributed by atoms with Crippen LogP contribution in [0, 0.1) is 0 Å². The zero-order valence-electron chi connectivity index (χ0n) is 12.5. The first-order valence-corrected chi connectivity index (χ1v) is 7.35. The monoisotopic (exact) mass is 269 g/mol. The summed E-state index contributed by atoms with van der Waals surface area (Å²) in [5, 5.41) is 0. The minimum absolute atomic E-state index is 0.428. The van der Waals surface area contributed by atoms with Gasteiger partial charge < -0.3 is 4.74 Å². The second kappa shape index (κ2) is 7.09. The number of aromatic nitrogens is 1. The molecule has 1 heterocycles. The molecule has 0 unspecified atom stereocenters. The second-order valence-corrected chi connectivity index (χ2v) is 5.03. The molecule has 2 rings (SSSR count). The van der Waals surface area contributed by atoms with Crippen molar-refractivity contribution in [3.8, 4) is 5.75 Å². The standard InChI is InChI=1S/C18H23NO/c1-4-14(16-10-6-7-12-18(16)20-3)15(5-2)17-11-8-9-13-19-17/h6-15H,4-5H2,1-3H3/t14-,15-/m0/s1. The highest BCUT2D eigenvalue weighted by Crippen LogP contribution is 2.40. The summed E-state index contributed by atoms with van der Waals surface area (Å²) in [5.41, 5.74) is 2.46. The summed E-state index contributed by atoms with van der Waals surface area (Å²) in [7, 11) is 1.74. The van der Waals surface area contributed by atoms with Crippen LogP contribution in [0.25, 0.3) is 0 Å². The predicted molar refractivity (Wildman–Crippen MR) is 83.3 cm³/mol. The van der Waals surface area contributed by atoms with Gasteiger partial charge in [0.2, 0.25) is 0 Å². The lowest BCUT2D eigenvalue weighted by Gasteiger charge is -2.26. The van der Waals surface area contributed by atoms with Crippen LogP contribution in [0.3, 0.4) is 0 Å². The van der Waals surface area contributed by atoms with Gasteiger partial charge in [0.05, 0.1) is 7.11 Å². The number of rotatable bonds is 6. The number of ether oxygens (including phenoxy) is 1. The lowest BCUT2D eigenvalue weighted by Crippen LogP contribution is -2.12. The first-order valence-electron chi connectivity index (χ1n) is 7.35. The molecule has 0 spiro atoms. The van der Waals surface area contributed by atoms with Crippen molar-refractivity contribution in [3.05, 3.63) is 59.9 Å². The maximum Gasteiger partial charge on any atom is 0.122 e. The van der Waals surface area contributed by atoms with Crippen LogP contribution in [-0.4, -0.2) is 12.1 Å². The number of para-hydroxylation sites is 1. The Morgan fingerprint density at radius 1 is 0.950 bits per heavy atom. The quantitative estimate of drug-likeness (QED) is 0.753. The van der Waals surface area contributed by atoms with Gasteiger partial charge in [-0.3, -0.25) is 4.98 Å². The van der Waals surface area contributed by atoms with Crippen molar-refractivity contribution in [2.24, 2.45) is 0 Å². The van der Waals surface area contributed by atoms with E-state index in [0.29, 0.717) is 11.8 Å². The fraction of sp³-hybridized carbons (Fsp3) is 0.389. The van der Waals surface area contributed by atoms with Gasteiger partial charge in [-0.25, -0.2) is 0 Å². The Morgan fingerprint density at radius 3 is 2.25 bits per heavy atom. The van der Waals surface area contributed by atoms with Gasteiger partial charge >= 0.3 is 0 Å².